The third-order valence-corrected chi connectivity index (χ3v) is 3.28. The lowest BCUT2D eigenvalue weighted by Crippen LogP contribution is -2.24. The number of anilines is 2. The van der Waals surface area contributed by atoms with Crippen molar-refractivity contribution in [1.82, 2.24) is 0 Å². The van der Waals surface area contributed by atoms with Crippen molar-refractivity contribution in [2.75, 3.05) is 23.9 Å². The Balaban J connectivity index is 2.17. The molecule has 1 aliphatic rings. The van der Waals surface area contributed by atoms with Gasteiger partial charge in [0.15, 0.2) is 0 Å². The van der Waals surface area contributed by atoms with E-state index in [0.717, 1.165) is 5.69 Å². The lowest BCUT2D eigenvalue weighted by Gasteiger charge is -2.16. The quantitative estimate of drug-likeness (QED) is 0.853. The molecule has 0 aromatic heterocycles. The maximum absolute atomic E-state index is 11.8. The summed E-state index contributed by atoms with van der Waals surface area (Å²) in [4.78, 5) is 24.7. The predicted octanol–water partition coefficient (Wildman–Crippen LogP) is 2.37. The van der Waals surface area contributed by atoms with Gasteiger partial charge in [0.1, 0.15) is 0 Å². The maximum Gasteiger partial charge on any atom is 0.411 e. The Morgan fingerprint density at radius 2 is 2.33 bits per heavy atom. The first-order valence-corrected chi connectivity index (χ1v) is 6.41. The van der Waals surface area contributed by atoms with Crippen molar-refractivity contribution in [2.24, 2.45) is 0 Å². The van der Waals surface area contributed by atoms with Crippen LogP contribution in [-0.4, -0.2) is 30.5 Å². The molecule has 0 saturated carbocycles. The van der Waals surface area contributed by atoms with Crippen LogP contribution in [-0.2, 0) is 9.53 Å². The van der Waals surface area contributed by atoms with Gasteiger partial charge >= 0.3 is 6.09 Å². The molecule has 96 valence electrons. The van der Waals surface area contributed by atoms with E-state index in [0.29, 0.717) is 18.7 Å². The molecule has 0 spiro atoms. The van der Waals surface area contributed by atoms with E-state index < -0.39 is 6.09 Å². The lowest BCUT2D eigenvalue weighted by atomic mass is 10.2. The van der Waals surface area contributed by atoms with Gasteiger partial charge in [-0.1, -0.05) is 22.0 Å². The number of halogens is 1. The zero-order valence-corrected chi connectivity index (χ0v) is 11.4. The van der Waals surface area contributed by atoms with Crippen LogP contribution in [0.2, 0.25) is 0 Å². The monoisotopic (exact) mass is 312 g/mol. The number of carbonyl (C=O) groups is 2. The highest BCUT2D eigenvalue weighted by Crippen LogP contribution is 2.27. The summed E-state index contributed by atoms with van der Waals surface area (Å²) in [5.41, 5.74) is 1.38. The molecule has 1 aliphatic heterocycles. The van der Waals surface area contributed by atoms with Crippen molar-refractivity contribution in [3.05, 3.63) is 24.3 Å². The standard InChI is InChI=1S/C12H13BrN2O3/c1-18-12(17)14-9-3-2-4-10(6-9)15-7-8(13)5-11(15)16/h2-4,6,8H,5,7H2,1H3,(H,14,17). The van der Waals surface area contributed by atoms with Gasteiger partial charge in [0.2, 0.25) is 5.91 Å². The Hall–Kier alpha value is -1.56. The Morgan fingerprint density at radius 1 is 1.56 bits per heavy atom. The van der Waals surface area contributed by atoms with Crippen LogP contribution < -0.4 is 10.2 Å². The number of nitrogens with one attached hydrogen (secondary N) is 1. The zero-order chi connectivity index (χ0) is 13.1. The molecule has 0 aliphatic carbocycles. The summed E-state index contributed by atoms with van der Waals surface area (Å²) in [6.07, 6.45) is -0.0347. The first kappa shape index (κ1) is 12.9. The van der Waals surface area contributed by atoms with Crippen molar-refractivity contribution in [2.45, 2.75) is 11.2 Å². The maximum atomic E-state index is 11.8. The van der Waals surface area contributed by atoms with Crippen molar-refractivity contribution >= 4 is 39.3 Å². The number of ether oxygens (including phenoxy) is 1. The second-order valence-electron chi connectivity index (χ2n) is 3.97. The zero-order valence-electron chi connectivity index (χ0n) is 9.85. The third kappa shape index (κ3) is 2.81. The van der Waals surface area contributed by atoms with Crippen LogP contribution in [0.5, 0.6) is 0 Å². The van der Waals surface area contributed by atoms with Crippen molar-refractivity contribution in [3.8, 4) is 0 Å². The van der Waals surface area contributed by atoms with Crippen molar-refractivity contribution in [1.29, 1.82) is 0 Å². The number of benzene rings is 1. The molecule has 1 aromatic rings. The summed E-state index contributed by atoms with van der Waals surface area (Å²) >= 11 is 3.43. The van der Waals surface area contributed by atoms with E-state index in [1.165, 1.54) is 7.11 Å². The SMILES string of the molecule is COC(=O)Nc1cccc(N2CC(Br)CC2=O)c1. The highest BCUT2D eigenvalue weighted by atomic mass is 79.9. The molecule has 2 amide bonds. The first-order chi connectivity index (χ1) is 8.60. The van der Waals surface area contributed by atoms with Crippen LogP contribution >= 0.6 is 15.9 Å². The Kier molecular flexibility index (Phi) is 3.86. The topological polar surface area (TPSA) is 58.6 Å². The van der Waals surface area contributed by atoms with E-state index in [1.807, 2.05) is 6.07 Å². The van der Waals surface area contributed by atoms with Crippen LogP contribution in [0, 0.1) is 0 Å². The Bertz CT molecular complexity index is 478. The van der Waals surface area contributed by atoms with E-state index in [4.69, 9.17) is 0 Å². The average Bonchev–Trinajstić information content (AvgIpc) is 2.68. The van der Waals surface area contributed by atoms with Gasteiger partial charge in [0.05, 0.1) is 7.11 Å². The van der Waals surface area contributed by atoms with Gasteiger partial charge in [-0.3, -0.25) is 10.1 Å². The summed E-state index contributed by atoms with van der Waals surface area (Å²) in [5.74, 6) is 0.0760. The normalized spacial score (nSPS) is 18.9. The molecule has 18 heavy (non-hydrogen) atoms. The molecule has 0 radical (unpaired) electrons. The number of hydrogen-bond donors (Lipinski definition) is 1. The number of rotatable bonds is 2. The number of methoxy groups -OCH3 is 1. The number of alkyl halides is 1. The minimum atomic E-state index is -0.529. The van der Waals surface area contributed by atoms with Crippen LogP contribution in [0.1, 0.15) is 6.42 Å². The molecule has 1 saturated heterocycles. The second-order valence-corrected chi connectivity index (χ2v) is 5.27. The third-order valence-electron chi connectivity index (χ3n) is 2.67. The molecule has 1 unspecified atom stereocenters. The molecule has 2 rings (SSSR count). The molecule has 6 heteroatoms. The second kappa shape index (κ2) is 5.39. The summed E-state index contributed by atoms with van der Waals surface area (Å²) in [6.45, 7) is 0.639. The van der Waals surface area contributed by atoms with Crippen LogP contribution in [0.25, 0.3) is 0 Å². The van der Waals surface area contributed by atoms with Crippen LogP contribution in [0.4, 0.5) is 16.2 Å². The molecule has 5 nitrogen and oxygen atoms in total. The number of amides is 2. The summed E-state index contributed by atoms with van der Waals surface area (Å²) in [7, 11) is 1.30. The summed E-state index contributed by atoms with van der Waals surface area (Å²) < 4.78 is 4.52. The fraction of sp³-hybridized carbons (Fsp3) is 0.333. The molecule has 0 bridgehead atoms. The highest BCUT2D eigenvalue weighted by Gasteiger charge is 2.28. The Morgan fingerprint density at radius 3 is 2.94 bits per heavy atom. The molecule has 1 aromatic carbocycles. The van der Waals surface area contributed by atoms with Gasteiger partial charge in [0.25, 0.3) is 0 Å². The number of hydrogen-bond acceptors (Lipinski definition) is 3. The average molecular weight is 313 g/mol. The van der Waals surface area contributed by atoms with E-state index in [9.17, 15) is 9.59 Å². The molecule has 1 heterocycles. The van der Waals surface area contributed by atoms with Gasteiger partial charge in [-0.05, 0) is 18.2 Å². The smallest absolute Gasteiger partial charge is 0.411 e. The van der Waals surface area contributed by atoms with E-state index in [-0.39, 0.29) is 10.7 Å². The number of carbonyl (C=O) groups excluding carboxylic acids is 2. The fourth-order valence-corrected chi connectivity index (χ4v) is 2.40. The molecular weight excluding hydrogens is 300 g/mol. The van der Waals surface area contributed by atoms with E-state index >= 15 is 0 Å². The van der Waals surface area contributed by atoms with Crippen molar-refractivity contribution in [3.63, 3.8) is 0 Å². The largest absolute Gasteiger partial charge is 0.453 e. The Labute approximate surface area is 113 Å². The van der Waals surface area contributed by atoms with E-state index in [2.05, 4.69) is 26.0 Å². The number of nitrogens with zero attached hydrogens (tertiary/aromatic N) is 1. The predicted molar refractivity (Wildman–Crippen MR) is 72.2 cm³/mol. The van der Waals surface area contributed by atoms with Gasteiger partial charge in [0, 0.05) is 29.2 Å². The highest BCUT2D eigenvalue weighted by molar-refractivity contribution is 9.09. The van der Waals surface area contributed by atoms with Crippen LogP contribution in [0.15, 0.2) is 24.3 Å². The summed E-state index contributed by atoms with van der Waals surface area (Å²) in [6, 6.07) is 7.12. The fourth-order valence-electron chi connectivity index (χ4n) is 1.83. The molecule has 1 fully saturated rings. The minimum Gasteiger partial charge on any atom is -0.453 e. The molecule has 1 atom stereocenters. The van der Waals surface area contributed by atoms with Crippen molar-refractivity contribution < 1.29 is 14.3 Å². The van der Waals surface area contributed by atoms with Gasteiger partial charge in [-0.2, -0.15) is 0 Å². The van der Waals surface area contributed by atoms with Gasteiger partial charge in [-0.15, -0.1) is 0 Å². The molecule has 1 N–H and O–H groups in total. The minimum absolute atomic E-state index is 0.0760. The van der Waals surface area contributed by atoms with Gasteiger partial charge < -0.3 is 9.64 Å². The first-order valence-electron chi connectivity index (χ1n) is 5.49. The van der Waals surface area contributed by atoms with Crippen LogP contribution in [0.3, 0.4) is 0 Å². The van der Waals surface area contributed by atoms with E-state index in [1.54, 1.807) is 23.1 Å². The summed E-state index contributed by atoms with van der Waals surface area (Å²) in [5, 5.41) is 2.57. The lowest BCUT2D eigenvalue weighted by molar-refractivity contribution is -0.117. The van der Waals surface area contributed by atoms with Gasteiger partial charge in [-0.25, -0.2) is 4.79 Å². The molecular formula is C12H13BrN2O3.